The zero-order valence-electron chi connectivity index (χ0n) is 8.41. The number of nitrogens with two attached hydrogens (primary N) is 1. The van der Waals surface area contributed by atoms with Crippen molar-refractivity contribution >= 4 is 0 Å². The fourth-order valence-electron chi connectivity index (χ4n) is 1.40. The summed E-state index contributed by atoms with van der Waals surface area (Å²) in [5.74, 6) is 0.886. The molecule has 2 rings (SSSR count). The first-order valence-corrected chi connectivity index (χ1v) is 4.78. The maximum atomic E-state index is 13.4. The molecule has 0 spiro atoms. The summed E-state index contributed by atoms with van der Waals surface area (Å²) in [6.45, 7) is 1.82. The third-order valence-corrected chi connectivity index (χ3v) is 2.21. The molecule has 1 unspecified atom stereocenters. The average Bonchev–Trinajstić information content (AvgIpc) is 2.67. The summed E-state index contributed by atoms with van der Waals surface area (Å²) in [6.07, 6.45) is 0. The molecule has 0 aliphatic carbocycles. The number of furan rings is 1. The van der Waals surface area contributed by atoms with Gasteiger partial charge >= 0.3 is 0 Å². The molecule has 0 aliphatic rings. The van der Waals surface area contributed by atoms with Gasteiger partial charge in [-0.15, -0.1) is 0 Å². The van der Waals surface area contributed by atoms with E-state index in [1.807, 2.05) is 6.92 Å². The molecule has 0 bridgehead atoms. The Morgan fingerprint density at radius 3 is 2.53 bits per heavy atom. The van der Waals surface area contributed by atoms with Crippen molar-refractivity contribution in [1.29, 1.82) is 0 Å². The summed E-state index contributed by atoms with van der Waals surface area (Å²) >= 11 is 0. The molecule has 3 heteroatoms. The molecule has 0 saturated carbocycles. The highest BCUT2D eigenvalue weighted by Gasteiger charge is 2.10. The van der Waals surface area contributed by atoms with Crippen molar-refractivity contribution in [1.82, 2.24) is 0 Å². The number of hydrogen-bond acceptors (Lipinski definition) is 2. The normalized spacial score (nSPS) is 12.7. The maximum absolute atomic E-state index is 13.4. The summed E-state index contributed by atoms with van der Waals surface area (Å²) < 4.78 is 18.8. The molecule has 0 amide bonds. The number of rotatable bonds is 2. The van der Waals surface area contributed by atoms with Crippen LogP contribution in [0.4, 0.5) is 4.39 Å². The van der Waals surface area contributed by atoms with Crippen LogP contribution in [0.1, 0.15) is 18.7 Å². The molecule has 1 aromatic heterocycles. The van der Waals surface area contributed by atoms with E-state index in [9.17, 15) is 4.39 Å². The van der Waals surface area contributed by atoms with Crippen molar-refractivity contribution in [2.75, 3.05) is 0 Å². The van der Waals surface area contributed by atoms with E-state index in [0.717, 1.165) is 0 Å². The molecule has 1 aromatic carbocycles. The van der Waals surface area contributed by atoms with E-state index in [0.29, 0.717) is 17.1 Å². The SMILES string of the molecule is CC(N)c1ccc(-c2ccccc2F)o1. The standard InChI is InChI=1S/C12H12FNO/c1-8(14)11-6-7-12(15-11)9-4-2-3-5-10(9)13/h2-8H,14H2,1H3. The van der Waals surface area contributed by atoms with E-state index in [4.69, 9.17) is 10.2 Å². The lowest BCUT2D eigenvalue weighted by Crippen LogP contribution is -2.02. The molecule has 0 fully saturated rings. The second-order valence-electron chi connectivity index (χ2n) is 3.47. The molecule has 0 aliphatic heterocycles. The molecular weight excluding hydrogens is 193 g/mol. The third-order valence-electron chi connectivity index (χ3n) is 2.21. The van der Waals surface area contributed by atoms with Crippen LogP contribution in [0.25, 0.3) is 11.3 Å². The Labute approximate surface area is 87.5 Å². The Balaban J connectivity index is 2.42. The molecular formula is C12H12FNO. The molecule has 78 valence electrons. The Morgan fingerprint density at radius 2 is 1.93 bits per heavy atom. The van der Waals surface area contributed by atoms with Gasteiger partial charge in [-0.25, -0.2) is 4.39 Å². The monoisotopic (exact) mass is 205 g/mol. The first-order chi connectivity index (χ1) is 7.18. The minimum Gasteiger partial charge on any atom is -0.459 e. The van der Waals surface area contributed by atoms with E-state index in [-0.39, 0.29) is 11.9 Å². The molecule has 15 heavy (non-hydrogen) atoms. The lowest BCUT2D eigenvalue weighted by atomic mass is 10.1. The van der Waals surface area contributed by atoms with Crippen molar-refractivity contribution in [2.24, 2.45) is 5.73 Å². The van der Waals surface area contributed by atoms with Crippen molar-refractivity contribution in [3.63, 3.8) is 0 Å². The van der Waals surface area contributed by atoms with Gasteiger partial charge in [-0.05, 0) is 31.2 Å². The van der Waals surface area contributed by atoms with Crippen LogP contribution in [0.3, 0.4) is 0 Å². The van der Waals surface area contributed by atoms with Gasteiger partial charge in [0.05, 0.1) is 11.6 Å². The maximum Gasteiger partial charge on any atom is 0.137 e. The summed E-state index contributed by atoms with van der Waals surface area (Å²) in [7, 11) is 0. The minimum atomic E-state index is -0.289. The predicted molar refractivity (Wildman–Crippen MR) is 56.7 cm³/mol. The molecule has 1 atom stereocenters. The summed E-state index contributed by atoms with van der Waals surface area (Å²) in [5.41, 5.74) is 6.12. The zero-order valence-corrected chi connectivity index (χ0v) is 8.41. The van der Waals surface area contributed by atoms with Crippen LogP contribution in [0.15, 0.2) is 40.8 Å². The van der Waals surface area contributed by atoms with Crippen LogP contribution in [-0.2, 0) is 0 Å². The van der Waals surface area contributed by atoms with Crippen LogP contribution in [0, 0.1) is 5.82 Å². The number of hydrogen-bond donors (Lipinski definition) is 1. The van der Waals surface area contributed by atoms with Crippen molar-refractivity contribution in [3.05, 3.63) is 48.0 Å². The van der Waals surface area contributed by atoms with Crippen LogP contribution >= 0.6 is 0 Å². The lowest BCUT2D eigenvalue weighted by molar-refractivity contribution is 0.487. The summed E-state index contributed by atoms with van der Waals surface area (Å²) in [6, 6.07) is 9.83. The van der Waals surface area contributed by atoms with Gasteiger partial charge in [0, 0.05) is 0 Å². The lowest BCUT2D eigenvalue weighted by Gasteiger charge is -2.00. The smallest absolute Gasteiger partial charge is 0.137 e. The minimum absolute atomic E-state index is 0.175. The fraction of sp³-hybridized carbons (Fsp3) is 0.167. The largest absolute Gasteiger partial charge is 0.459 e. The van der Waals surface area contributed by atoms with E-state index in [1.54, 1.807) is 30.3 Å². The summed E-state index contributed by atoms with van der Waals surface area (Å²) in [4.78, 5) is 0. The topological polar surface area (TPSA) is 39.2 Å². The van der Waals surface area contributed by atoms with Crippen LogP contribution in [-0.4, -0.2) is 0 Å². The second-order valence-corrected chi connectivity index (χ2v) is 3.47. The highest BCUT2D eigenvalue weighted by atomic mass is 19.1. The van der Waals surface area contributed by atoms with E-state index < -0.39 is 0 Å². The van der Waals surface area contributed by atoms with Crippen molar-refractivity contribution < 1.29 is 8.81 Å². The quantitative estimate of drug-likeness (QED) is 0.818. The fourth-order valence-corrected chi connectivity index (χ4v) is 1.40. The van der Waals surface area contributed by atoms with Crippen molar-refractivity contribution in [2.45, 2.75) is 13.0 Å². The first kappa shape index (κ1) is 9.93. The average molecular weight is 205 g/mol. The number of benzene rings is 1. The Kier molecular flexibility index (Phi) is 2.56. The van der Waals surface area contributed by atoms with Gasteiger partial charge < -0.3 is 10.2 Å². The molecule has 1 heterocycles. The Bertz CT molecular complexity index is 462. The molecule has 2 nitrogen and oxygen atoms in total. The number of halogens is 1. The summed E-state index contributed by atoms with van der Waals surface area (Å²) in [5, 5.41) is 0. The van der Waals surface area contributed by atoms with Gasteiger partial charge in [-0.3, -0.25) is 0 Å². The molecule has 0 saturated heterocycles. The second kappa shape index (κ2) is 3.87. The van der Waals surface area contributed by atoms with Crippen LogP contribution in [0.2, 0.25) is 0 Å². The van der Waals surface area contributed by atoms with Gasteiger partial charge in [0.15, 0.2) is 0 Å². The first-order valence-electron chi connectivity index (χ1n) is 4.78. The van der Waals surface area contributed by atoms with E-state index in [1.165, 1.54) is 6.07 Å². The zero-order chi connectivity index (χ0) is 10.8. The van der Waals surface area contributed by atoms with Gasteiger partial charge in [-0.2, -0.15) is 0 Å². The van der Waals surface area contributed by atoms with Gasteiger partial charge in [-0.1, -0.05) is 12.1 Å². The molecule has 2 aromatic rings. The van der Waals surface area contributed by atoms with Crippen LogP contribution in [0.5, 0.6) is 0 Å². The van der Waals surface area contributed by atoms with Crippen molar-refractivity contribution in [3.8, 4) is 11.3 Å². The Hall–Kier alpha value is -1.61. The van der Waals surface area contributed by atoms with Gasteiger partial charge in [0.25, 0.3) is 0 Å². The Morgan fingerprint density at radius 1 is 1.20 bits per heavy atom. The predicted octanol–water partition coefficient (Wildman–Crippen LogP) is 3.11. The van der Waals surface area contributed by atoms with E-state index >= 15 is 0 Å². The van der Waals surface area contributed by atoms with Crippen LogP contribution < -0.4 is 5.73 Å². The van der Waals surface area contributed by atoms with Gasteiger partial charge in [0.1, 0.15) is 17.3 Å². The van der Waals surface area contributed by atoms with E-state index in [2.05, 4.69) is 0 Å². The molecule has 2 N–H and O–H groups in total. The highest BCUT2D eigenvalue weighted by Crippen LogP contribution is 2.26. The van der Waals surface area contributed by atoms with Gasteiger partial charge in [0.2, 0.25) is 0 Å². The molecule has 0 radical (unpaired) electrons. The highest BCUT2D eigenvalue weighted by molar-refractivity contribution is 5.58. The third kappa shape index (κ3) is 1.92.